The van der Waals surface area contributed by atoms with Gasteiger partial charge in [0.15, 0.2) is 16.8 Å². The van der Waals surface area contributed by atoms with Crippen molar-refractivity contribution in [3.05, 3.63) is 28.2 Å². The molecule has 0 N–H and O–H groups in total. The minimum absolute atomic E-state index is 0.351. The quantitative estimate of drug-likeness (QED) is 0.518. The first-order chi connectivity index (χ1) is 6.36. The molecule has 0 saturated carbocycles. The van der Waals surface area contributed by atoms with Gasteiger partial charge in [0.1, 0.15) is 6.34 Å². The largest absolute Gasteiger partial charge is 0.355 e. The zero-order valence-corrected chi connectivity index (χ0v) is 6.38. The number of hydrogen-bond donors (Lipinski definition) is 0. The average Bonchev–Trinajstić information content (AvgIpc) is 2.66. The predicted molar refractivity (Wildman–Crippen MR) is 44.2 cm³/mol. The van der Waals surface area contributed by atoms with Crippen molar-refractivity contribution in [2.45, 2.75) is 0 Å². The van der Waals surface area contributed by atoms with Crippen molar-refractivity contribution in [3.63, 3.8) is 0 Å². The molecule has 3 heterocycles. The molecule has 0 amide bonds. The summed E-state index contributed by atoms with van der Waals surface area (Å²) in [7, 11) is 0. The molecule has 62 valence electrons. The van der Waals surface area contributed by atoms with Crippen LogP contribution in [0.15, 0.2) is 27.2 Å². The molecule has 0 atom stereocenters. The van der Waals surface area contributed by atoms with Crippen molar-refractivity contribution in [2.24, 2.45) is 9.98 Å². The smallest absolute Gasteiger partial charge is 0.248 e. The van der Waals surface area contributed by atoms with Gasteiger partial charge in [-0.15, -0.1) is 0 Å². The van der Waals surface area contributed by atoms with E-state index in [0.717, 1.165) is 0 Å². The summed E-state index contributed by atoms with van der Waals surface area (Å²) >= 11 is 0. The monoisotopic (exact) mass is 173 g/mol. The first-order valence-corrected chi connectivity index (χ1v) is 3.64. The number of aliphatic imine (C=N–C) groups is 1. The van der Waals surface area contributed by atoms with E-state index in [0.29, 0.717) is 16.8 Å². The molecule has 0 spiro atoms. The van der Waals surface area contributed by atoms with Gasteiger partial charge in [-0.05, 0) is 0 Å². The fourth-order valence-electron chi connectivity index (χ4n) is 1.28. The van der Waals surface area contributed by atoms with Crippen LogP contribution in [0.2, 0.25) is 0 Å². The van der Waals surface area contributed by atoms with E-state index < -0.39 is 0 Å². The van der Waals surface area contributed by atoms with Crippen LogP contribution in [-0.4, -0.2) is 20.7 Å². The van der Waals surface area contributed by atoms with Crippen LogP contribution in [-0.2, 0) is 0 Å². The normalized spacial score (nSPS) is 13.2. The van der Waals surface area contributed by atoms with E-state index in [1.165, 1.54) is 16.9 Å². The van der Waals surface area contributed by atoms with Crippen molar-refractivity contribution in [2.75, 3.05) is 0 Å². The molecule has 6 heteroatoms. The second kappa shape index (κ2) is 1.98. The van der Waals surface area contributed by atoms with Gasteiger partial charge in [-0.2, -0.15) is 4.98 Å². The number of imidazole rings is 1. The lowest BCUT2D eigenvalue weighted by molar-refractivity contribution is 0.987. The number of rotatable bonds is 0. The van der Waals surface area contributed by atoms with Crippen LogP contribution in [0.25, 0.3) is 5.65 Å². The minimum Gasteiger partial charge on any atom is -0.248 e. The Morgan fingerprint density at radius 2 is 2.31 bits per heavy atom. The Morgan fingerprint density at radius 1 is 1.38 bits per heavy atom. The van der Waals surface area contributed by atoms with Crippen LogP contribution >= 0.6 is 0 Å². The lowest BCUT2D eigenvalue weighted by atomic mass is 10.5. The van der Waals surface area contributed by atoms with E-state index >= 15 is 0 Å². The molecule has 0 fully saturated rings. The van der Waals surface area contributed by atoms with Crippen molar-refractivity contribution < 1.29 is 0 Å². The molecular formula is C7H3N5O. The highest BCUT2D eigenvalue weighted by molar-refractivity contribution is 5.67. The van der Waals surface area contributed by atoms with Crippen LogP contribution in [0.4, 0.5) is 5.82 Å². The summed E-state index contributed by atoms with van der Waals surface area (Å²) in [5, 5.41) is 0.560. The molecule has 2 aromatic heterocycles. The Labute approximate surface area is 71.3 Å². The van der Waals surface area contributed by atoms with E-state index in [2.05, 4.69) is 20.0 Å². The van der Waals surface area contributed by atoms with E-state index in [-0.39, 0.29) is 5.69 Å². The molecule has 1 aliphatic rings. The molecule has 0 radical (unpaired) electrons. The summed E-state index contributed by atoms with van der Waals surface area (Å²) < 4.78 is 1.34. The summed E-state index contributed by atoms with van der Waals surface area (Å²) in [5.41, 5.74) is 0.132. The van der Waals surface area contributed by atoms with Gasteiger partial charge in [-0.3, -0.25) is 0 Å². The molecule has 2 aromatic rings. The van der Waals surface area contributed by atoms with Crippen molar-refractivity contribution >= 4 is 17.8 Å². The zero-order valence-electron chi connectivity index (χ0n) is 6.38. The molecule has 0 unspecified atom stereocenters. The average molecular weight is 173 g/mol. The SMILES string of the molecule is O=c1nc2c(c3nccn13)=NC=N2. The van der Waals surface area contributed by atoms with Gasteiger partial charge in [0.2, 0.25) is 0 Å². The Kier molecular flexibility index (Phi) is 0.974. The van der Waals surface area contributed by atoms with Crippen molar-refractivity contribution in [1.29, 1.82) is 0 Å². The lowest BCUT2D eigenvalue weighted by Gasteiger charge is -1.90. The van der Waals surface area contributed by atoms with E-state index in [1.54, 1.807) is 6.20 Å². The molecular weight excluding hydrogens is 170 g/mol. The van der Waals surface area contributed by atoms with Gasteiger partial charge in [0, 0.05) is 12.4 Å². The van der Waals surface area contributed by atoms with Gasteiger partial charge < -0.3 is 0 Å². The minimum atomic E-state index is -0.375. The Balaban J connectivity index is 2.73. The Morgan fingerprint density at radius 3 is 3.23 bits per heavy atom. The van der Waals surface area contributed by atoms with E-state index in [4.69, 9.17) is 0 Å². The topological polar surface area (TPSA) is 72.0 Å². The number of aromatic nitrogens is 3. The maximum Gasteiger partial charge on any atom is 0.355 e. The summed E-state index contributed by atoms with van der Waals surface area (Å²) in [6.07, 6.45) is 4.46. The molecule has 1 aliphatic heterocycles. The van der Waals surface area contributed by atoms with Gasteiger partial charge in [0.05, 0.1) is 0 Å². The third-order valence-corrected chi connectivity index (χ3v) is 1.84. The van der Waals surface area contributed by atoms with Crippen molar-refractivity contribution in [3.8, 4) is 0 Å². The summed E-state index contributed by atoms with van der Waals surface area (Å²) in [5.74, 6) is 0.351. The fourth-order valence-corrected chi connectivity index (χ4v) is 1.28. The van der Waals surface area contributed by atoms with E-state index in [1.807, 2.05) is 0 Å². The van der Waals surface area contributed by atoms with Crippen LogP contribution in [0, 0.1) is 0 Å². The highest BCUT2D eigenvalue weighted by Crippen LogP contribution is 2.02. The van der Waals surface area contributed by atoms with Crippen LogP contribution in [0.3, 0.4) is 0 Å². The first kappa shape index (κ1) is 6.41. The molecule has 0 saturated heterocycles. The van der Waals surface area contributed by atoms with E-state index in [9.17, 15) is 4.79 Å². The van der Waals surface area contributed by atoms with Crippen LogP contribution in [0.5, 0.6) is 0 Å². The Bertz CT molecular complexity index is 626. The van der Waals surface area contributed by atoms with Gasteiger partial charge in [-0.25, -0.2) is 24.2 Å². The summed E-state index contributed by atoms with van der Waals surface area (Å²) in [6.45, 7) is 0. The number of nitrogens with zero attached hydrogens (tertiary/aromatic N) is 5. The van der Waals surface area contributed by atoms with Gasteiger partial charge in [0.25, 0.3) is 0 Å². The summed E-state index contributed by atoms with van der Waals surface area (Å²) in [6, 6.07) is 0. The highest BCUT2D eigenvalue weighted by atomic mass is 16.1. The second-order valence-electron chi connectivity index (χ2n) is 2.56. The third kappa shape index (κ3) is 0.689. The van der Waals surface area contributed by atoms with Gasteiger partial charge in [-0.1, -0.05) is 0 Å². The first-order valence-electron chi connectivity index (χ1n) is 3.64. The fraction of sp³-hybridized carbons (Fsp3) is 0. The molecule has 0 aromatic carbocycles. The van der Waals surface area contributed by atoms with Crippen LogP contribution in [0.1, 0.15) is 0 Å². The number of hydrogen-bond acceptors (Lipinski definition) is 5. The van der Waals surface area contributed by atoms with Gasteiger partial charge >= 0.3 is 5.69 Å². The Hall–Kier alpha value is -2.11. The highest BCUT2D eigenvalue weighted by Gasteiger charge is 2.10. The predicted octanol–water partition coefficient (Wildman–Crippen LogP) is -0.899. The van der Waals surface area contributed by atoms with Crippen LogP contribution < -0.4 is 11.0 Å². The molecule has 13 heavy (non-hydrogen) atoms. The molecule has 0 bridgehead atoms. The zero-order chi connectivity index (χ0) is 8.84. The number of fused-ring (bicyclic) bond motifs is 3. The standard InChI is InChI=1S/C7H3N5O/c13-7-11-5-4(9-3-10-5)6-8-1-2-12(6)7/h1-3H. The molecule has 6 nitrogen and oxygen atoms in total. The molecule has 0 aliphatic carbocycles. The second-order valence-corrected chi connectivity index (χ2v) is 2.56. The maximum absolute atomic E-state index is 11.3. The lowest BCUT2D eigenvalue weighted by Crippen LogP contribution is -2.22. The summed E-state index contributed by atoms with van der Waals surface area (Å²) in [4.78, 5) is 26.8. The van der Waals surface area contributed by atoms with Crippen molar-refractivity contribution in [1.82, 2.24) is 14.4 Å². The third-order valence-electron chi connectivity index (χ3n) is 1.84. The molecule has 3 rings (SSSR count). The maximum atomic E-state index is 11.3.